The first-order chi connectivity index (χ1) is 7.91. The van der Waals surface area contributed by atoms with Gasteiger partial charge in [0, 0.05) is 12.7 Å². The molecule has 0 spiro atoms. The van der Waals surface area contributed by atoms with Crippen LogP contribution >= 0.6 is 11.8 Å². The summed E-state index contributed by atoms with van der Waals surface area (Å²) < 4.78 is 0. The fourth-order valence-electron chi connectivity index (χ4n) is 1.66. The van der Waals surface area contributed by atoms with Crippen LogP contribution in [0.3, 0.4) is 0 Å². The number of carbonyl (C=O) groups is 1. The maximum atomic E-state index is 10.8. The molecule has 0 heterocycles. The van der Waals surface area contributed by atoms with Crippen molar-refractivity contribution >= 4 is 16.9 Å². The number of hydrogen-bond donors (Lipinski definition) is 2. The van der Waals surface area contributed by atoms with E-state index >= 15 is 0 Å². The molecule has 0 aromatic heterocycles. The van der Waals surface area contributed by atoms with Gasteiger partial charge < -0.3 is 10.2 Å². The molecule has 0 saturated carbocycles. The zero-order chi connectivity index (χ0) is 13.0. The highest BCUT2D eigenvalue weighted by Gasteiger charge is 2.20. The second kappa shape index (κ2) is 6.19. The van der Waals surface area contributed by atoms with Crippen molar-refractivity contribution in [3.63, 3.8) is 0 Å². The fourth-order valence-corrected chi connectivity index (χ4v) is 2.25. The molecule has 3 nitrogen and oxygen atoms in total. The van der Waals surface area contributed by atoms with Gasteiger partial charge in [-0.2, -0.15) is 0 Å². The van der Waals surface area contributed by atoms with Crippen LogP contribution in [0, 0.1) is 13.8 Å². The monoisotopic (exact) mass is 254 g/mol. The van der Waals surface area contributed by atoms with Crippen molar-refractivity contribution in [2.24, 2.45) is 0 Å². The van der Waals surface area contributed by atoms with E-state index in [9.17, 15) is 15.0 Å². The molecule has 0 aliphatic heterocycles. The fraction of sp³-hybridized carbons (Fsp3) is 0.462. The Bertz CT molecular complexity index is 404. The second-order valence-electron chi connectivity index (χ2n) is 4.17. The van der Waals surface area contributed by atoms with Crippen molar-refractivity contribution in [2.75, 3.05) is 5.75 Å². The number of benzene rings is 1. The third-order valence-electron chi connectivity index (χ3n) is 2.57. The van der Waals surface area contributed by atoms with Gasteiger partial charge in [0.05, 0.1) is 6.10 Å². The van der Waals surface area contributed by atoms with Gasteiger partial charge in [0.1, 0.15) is 6.10 Å². The summed E-state index contributed by atoms with van der Waals surface area (Å²) in [7, 11) is 0. The molecule has 17 heavy (non-hydrogen) atoms. The quantitative estimate of drug-likeness (QED) is 0.862. The number of hydrogen-bond acceptors (Lipinski definition) is 4. The van der Waals surface area contributed by atoms with Crippen LogP contribution in [0.25, 0.3) is 0 Å². The van der Waals surface area contributed by atoms with E-state index in [4.69, 9.17) is 0 Å². The van der Waals surface area contributed by atoms with Crippen molar-refractivity contribution in [2.45, 2.75) is 33.0 Å². The van der Waals surface area contributed by atoms with Gasteiger partial charge >= 0.3 is 0 Å². The molecule has 2 atom stereocenters. The summed E-state index contributed by atoms with van der Waals surface area (Å²) in [5.74, 6) is 0.212. The smallest absolute Gasteiger partial charge is 0.185 e. The standard InChI is InChI=1S/C13H18O3S/c1-8-4-5-11(9(2)6-8)13(16)12(15)7-17-10(3)14/h4-6,12-13,15-16H,7H2,1-3H3. The average molecular weight is 254 g/mol. The topological polar surface area (TPSA) is 57.5 Å². The Morgan fingerprint density at radius 3 is 2.53 bits per heavy atom. The lowest BCUT2D eigenvalue weighted by molar-refractivity contribution is -0.109. The predicted molar refractivity (Wildman–Crippen MR) is 70.0 cm³/mol. The van der Waals surface area contributed by atoms with Crippen LogP contribution in [0.15, 0.2) is 18.2 Å². The molecule has 0 amide bonds. The summed E-state index contributed by atoms with van der Waals surface area (Å²) in [4.78, 5) is 10.8. The molecule has 0 fully saturated rings. The number of aryl methyl sites for hydroxylation is 2. The minimum atomic E-state index is -0.942. The lowest BCUT2D eigenvalue weighted by Crippen LogP contribution is -2.22. The van der Waals surface area contributed by atoms with Crippen molar-refractivity contribution in [1.29, 1.82) is 0 Å². The molecule has 0 saturated heterocycles. The van der Waals surface area contributed by atoms with Crippen molar-refractivity contribution < 1.29 is 15.0 Å². The van der Waals surface area contributed by atoms with Crippen LogP contribution in [0.1, 0.15) is 29.7 Å². The van der Waals surface area contributed by atoms with E-state index in [1.165, 1.54) is 6.92 Å². The Hall–Kier alpha value is -0.840. The third kappa shape index (κ3) is 4.15. The normalized spacial score (nSPS) is 14.4. The molecular formula is C13H18O3S. The highest BCUT2D eigenvalue weighted by molar-refractivity contribution is 8.13. The van der Waals surface area contributed by atoms with Crippen molar-refractivity contribution in [3.8, 4) is 0 Å². The van der Waals surface area contributed by atoms with E-state index in [1.54, 1.807) is 0 Å². The van der Waals surface area contributed by atoms with Gasteiger partial charge in [0.15, 0.2) is 5.12 Å². The summed E-state index contributed by atoms with van der Waals surface area (Å²) in [5, 5.41) is 19.7. The van der Waals surface area contributed by atoms with E-state index in [1.807, 2.05) is 32.0 Å². The molecular weight excluding hydrogens is 236 g/mol. The molecule has 0 aliphatic carbocycles. The molecule has 94 valence electrons. The predicted octanol–water partition coefficient (Wildman–Crippen LogP) is 1.98. The summed E-state index contributed by atoms with van der Waals surface area (Å²) >= 11 is 1.02. The Morgan fingerprint density at radius 2 is 2.00 bits per heavy atom. The van der Waals surface area contributed by atoms with Crippen molar-refractivity contribution in [1.82, 2.24) is 0 Å². The highest BCUT2D eigenvalue weighted by Crippen LogP contribution is 2.23. The third-order valence-corrected chi connectivity index (χ3v) is 3.48. The van der Waals surface area contributed by atoms with E-state index in [-0.39, 0.29) is 10.9 Å². The molecule has 2 unspecified atom stereocenters. The first-order valence-corrected chi connectivity index (χ1v) is 6.47. The SMILES string of the molecule is CC(=O)SCC(O)C(O)c1ccc(C)cc1C. The van der Waals surface area contributed by atoms with Gasteiger partial charge in [-0.3, -0.25) is 4.79 Å². The van der Waals surface area contributed by atoms with Gasteiger partial charge in [-0.1, -0.05) is 35.5 Å². The Kier molecular flexibility index (Phi) is 5.18. The molecule has 4 heteroatoms. The van der Waals surface area contributed by atoms with Crippen LogP contribution in [0.4, 0.5) is 0 Å². The molecule has 0 radical (unpaired) electrons. The minimum absolute atomic E-state index is 0.0584. The average Bonchev–Trinajstić information content (AvgIpc) is 2.25. The van der Waals surface area contributed by atoms with Crippen LogP contribution in [0.5, 0.6) is 0 Å². The summed E-state index contributed by atoms with van der Waals surface area (Å²) in [6, 6.07) is 5.68. The number of aliphatic hydroxyl groups is 2. The van der Waals surface area contributed by atoms with Gasteiger partial charge in [0.25, 0.3) is 0 Å². The Labute approximate surface area is 106 Å². The lowest BCUT2D eigenvalue weighted by Gasteiger charge is -2.19. The maximum absolute atomic E-state index is 10.8. The maximum Gasteiger partial charge on any atom is 0.185 e. The van der Waals surface area contributed by atoms with Crippen LogP contribution in [-0.4, -0.2) is 27.2 Å². The van der Waals surface area contributed by atoms with Crippen LogP contribution in [0.2, 0.25) is 0 Å². The van der Waals surface area contributed by atoms with E-state index < -0.39 is 12.2 Å². The van der Waals surface area contributed by atoms with Gasteiger partial charge in [-0.05, 0) is 25.0 Å². The molecule has 2 N–H and O–H groups in total. The zero-order valence-corrected chi connectivity index (χ0v) is 11.1. The van der Waals surface area contributed by atoms with Crippen molar-refractivity contribution in [3.05, 3.63) is 34.9 Å². The van der Waals surface area contributed by atoms with E-state index in [0.29, 0.717) is 5.56 Å². The van der Waals surface area contributed by atoms with E-state index in [2.05, 4.69) is 0 Å². The minimum Gasteiger partial charge on any atom is -0.389 e. The zero-order valence-electron chi connectivity index (χ0n) is 10.3. The summed E-state index contributed by atoms with van der Waals surface area (Å²) in [5.41, 5.74) is 2.78. The largest absolute Gasteiger partial charge is 0.389 e. The number of carbonyl (C=O) groups excluding carboxylic acids is 1. The molecule has 1 aromatic rings. The Balaban J connectivity index is 2.74. The molecule has 1 rings (SSSR count). The Morgan fingerprint density at radius 1 is 1.35 bits per heavy atom. The summed E-state index contributed by atoms with van der Waals surface area (Å²) in [6.45, 7) is 5.32. The number of thioether (sulfide) groups is 1. The van der Waals surface area contributed by atoms with Crippen LogP contribution in [-0.2, 0) is 4.79 Å². The molecule has 1 aromatic carbocycles. The lowest BCUT2D eigenvalue weighted by atomic mass is 9.98. The van der Waals surface area contributed by atoms with Gasteiger partial charge in [0.2, 0.25) is 0 Å². The highest BCUT2D eigenvalue weighted by atomic mass is 32.2. The number of aliphatic hydroxyl groups excluding tert-OH is 2. The summed E-state index contributed by atoms with van der Waals surface area (Å²) in [6.07, 6.45) is -1.87. The number of rotatable bonds is 4. The van der Waals surface area contributed by atoms with E-state index in [0.717, 1.165) is 22.9 Å². The first kappa shape index (κ1) is 14.2. The second-order valence-corrected chi connectivity index (χ2v) is 5.37. The molecule has 0 bridgehead atoms. The van der Waals surface area contributed by atoms with Gasteiger partial charge in [-0.25, -0.2) is 0 Å². The van der Waals surface area contributed by atoms with Crippen LogP contribution < -0.4 is 0 Å². The molecule has 0 aliphatic rings. The van der Waals surface area contributed by atoms with Gasteiger partial charge in [-0.15, -0.1) is 0 Å². The first-order valence-electron chi connectivity index (χ1n) is 5.48.